The fourth-order valence-corrected chi connectivity index (χ4v) is 2.69. The Bertz CT molecular complexity index is 736. The third kappa shape index (κ3) is 4.20. The third-order valence-corrected chi connectivity index (χ3v) is 3.99. The van der Waals surface area contributed by atoms with Gasteiger partial charge in [-0.2, -0.15) is 0 Å². The van der Waals surface area contributed by atoms with Crippen LogP contribution < -0.4 is 0 Å². The smallest absolute Gasteiger partial charge is 0.247 e. The number of aromatic nitrogens is 1. The van der Waals surface area contributed by atoms with Crippen LogP contribution in [0.2, 0.25) is 0 Å². The predicted octanol–water partition coefficient (Wildman–Crippen LogP) is 3.88. The first-order valence-electron chi connectivity index (χ1n) is 7.14. The molecule has 0 saturated heterocycles. The Morgan fingerprint density at radius 2 is 1.87 bits per heavy atom. The molecular formula is C17H16N2O3S. The van der Waals surface area contributed by atoms with E-state index in [0.29, 0.717) is 13.1 Å². The Morgan fingerprint density at radius 3 is 2.35 bits per heavy atom. The molecule has 3 aromatic rings. The molecule has 0 aliphatic rings. The van der Waals surface area contributed by atoms with Crippen molar-refractivity contribution >= 4 is 23.3 Å². The lowest BCUT2D eigenvalue weighted by molar-refractivity contribution is -0.127. The highest BCUT2D eigenvalue weighted by molar-refractivity contribution is 7.09. The zero-order valence-corrected chi connectivity index (χ0v) is 13.5. The van der Waals surface area contributed by atoms with E-state index in [2.05, 4.69) is 4.98 Å². The summed E-state index contributed by atoms with van der Waals surface area (Å²) in [5.74, 6) is 1.33. The summed E-state index contributed by atoms with van der Waals surface area (Å²) < 4.78 is 10.7. The summed E-state index contributed by atoms with van der Waals surface area (Å²) in [5, 5.41) is 2.89. The number of carbonyl (C=O) groups is 1. The van der Waals surface area contributed by atoms with Gasteiger partial charge in [0.15, 0.2) is 0 Å². The fourth-order valence-electron chi connectivity index (χ4n) is 2.11. The molecule has 0 saturated carbocycles. The zero-order valence-electron chi connectivity index (χ0n) is 12.6. The van der Waals surface area contributed by atoms with Crippen LogP contribution in [0.1, 0.15) is 22.2 Å². The van der Waals surface area contributed by atoms with Crippen molar-refractivity contribution in [3.63, 3.8) is 0 Å². The van der Waals surface area contributed by atoms with Crippen LogP contribution >= 0.6 is 11.3 Å². The van der Waals surface area contributed by atoms with Crippen molar-refractivity contribution in [1.82, 2.24) is 9.88 Å². The maximum Gasteiger partial charge on any atom is 0.247 e. The number of thiazole rings is 1. The molecule has 0 atom stereocenters. The summed E-state index contributed by atoms with van der Waals surface area (Å²) in [7, 11) is 0. The molecule has 3 rings (SSSR count). The van der Waals surface area contributed by atoms with E-state index in [1.54, 1.807) is 47.0 Å². The van der Waals surface area contributed by atoms with Crippen LogP contribution in [0.3, 0.4) is 0 Å². The van der Waals surface area contributed by atoms with Crippen LogP contribution in [-0.4, -0.2) is 15.8 Å². The number of rotatable bonds is 6. The Balaban J connectivity index is 1.73. The van der Waals surface area contributed by atoms with Gasteiger partial charge in [-0.25, -0.2) is 4.98 Å². The first kappa shape index (κ1) is 15.3. The van der Waals surface area contributed by atoms with Crippen LogP contribution in [-0.2, 0) is 17.9 Å². The second kappa shape index (κ2) is 7.11. The van der Waals surface area contributed by atoms with Crippen molar-refractivity contribution in [2.24, 2.45) is 0 Å². The topological polar surface area (TPSA) is 59.5 Å². The van der Waals surface area contributed by atoms with E-state index < -0.39 is 0 Å². The van der Waals surface area contributed by atoms with Gasteiger partial charge in [0.25, 0.3) is 0 Å². The number of aryl methyl sites for hydroxylation is 1. The molecule has 5 nitrogen and oxygen atoms in total. The summed E-state index contributed by atoms with van der Waals surface area (Å²) in [5.41, 5.74) is 0.789. The molecule has 0 aromatic carbocycles. The molecule has 3 heterocycles. The third-order valence-electron chi connectivity index (χ3n) is 3.20. The van der Waals surface area contributed by atoms with Crippen LogP contribution in [0.15, 0.2) is 57.1 Å². The molecule has 0 bridgehead atoms. The minimum Gasteiger partial charge on any atom is -0.467 e. The highest BCUT2D eigenvalue weighted by Gasteiger charge is 2.15. The lowest BCUT2D eigenvalue weighted by atomic mass is 10.3. The molecule has 0 aliphatic heterocycles. The van der Waals surface area contributed by atoms with Crippen molar-refractivity contribution in [3.8, 4) is 0 Å². The van der Waals surface area contributed by atoms with E-state index in [-0.39, 0.29) is 5.91 Å². The van der Waals surface area contributed by atoms with Gasteiger partial charge in [-0.1, -0.05) is 0 Å². The minimum absolute atomic E-state index is 0.122. The van der Waals surface area contributed by atoms with Crippen LogP contribution in [0.4, 0.5) is 0 Å². The lowest BCUT2D eigenvalue weighted by Gasteiger charge is -2.18. The van der Waals surface area contributed by atoms with Gasteiger partial charge in [0.1, 0.15) is 11.5 Å². The average Bonchev–Trinajstić information content (AvgIpc) is 3.27. The van der Waals surface area contributed by atoms with E-state index in [1.807, 2.05) is 24.4 Å². The molecule has 1 amide bonds. The maximum atomic E-state index is 12.5. The van der Waals surface area contributed by atoms with E-state index in [9.17, 15) is 4.79 Å². The standard InChI is InChI=1S/C17H16N2O3S/c1-13-18-14(12-23-13)6-7-17(20)19(10-15-4-2-8-21-15)11-16-5-3-9-22-16/h2-9,12H,10-11H2,1H3. The largest absolute Gasteiger partial charge is 0.467 e. The molecule has 6 heteroatoms. The van der Waals surface area contributed by atoms with Gasteiger partial charge in [-0.15, -0.1) is 11.3 Å². The summed E-state index contributed by atoms with van der Waals surface area (Å²) in [6.45, 7) is 2.70. The maximum absolute atomic E-state index is 12.5. The zero-order chi connectivity index (χ0) is 16.1. The molecule has 0 N–H and O–H groups in total. The van der Waals surface area contributed by atoms with Gasteiger partial charge in [0.2, 0.25) is 5.91 Å². The van der Waals surface area contributed by atoms with Crippen molar-refractivity contribution in [3.05, 3.63) is 70.5 Å². The number of carbonyl (C=O) groups excluding carboxylic acids is 1. The number of hydrogen-bond donors (Lipinski definition) is 0. The monoisotopic (exact) mass is 328 g/mol. The van der Waals surface area contributed by atoms with E-state index in [1.165, 1.54) is 6.08 Å². The van der Waals surface area contributed by atoms with Gasteiger partial charge < -0.3 is 13.7 Å². The van der Waals surface area contributed by atoms with E-state index in [0.717, 1.165) is 22.2 Å². The number of furan rings is 2. The van der Waals surface area contributed by atoms with E-state index >= 15 is 0 Å². The summed E-state index contributed by atoms with van der Waals surface area (Å²) in [6.07, 6.45) is 6.45. The van der Waals surface area contributed by atoms with Crippen LogP contribution in [0.5, 0.6) is 0 Å². The molecule has 0 fully saturated rings. The second-order valence-electron chi connectivity index (χ2n) is 4.98. The van der Waals surface area contributed by atoms with Gasteiger partial charge in [-0.3, -0.25) is 4.79 Å². The normalized spacial score (nSPS) is 11.2. The van der Waals surface area contributed by atoms with Crippen molar-refractivity contribution in [1.29, 1.82) is 0 Å². The van der Waals surface area contributed by atoms with Gasteiger partial charge in [-0.05, 0) is 37.3 Å². The molecular weight excluding hydrogens is 312 g/mol. The molecule has 0 aliphatic carbocycles. The number of nitrogens with zero attached hydrogens (tertiary/aromatic N) is 2. The van der Waals surface area contributed by atoms with Crippen molar-refractivity contribution < 1.29 is 13.6 Å². The fraction of sp³-hybridized carbons (Fsp3) is 0.176. The molecule has 23 heavy (non-hydrogen) atoms. The molecule has 0 spiro atoms. The lowest BCUT2D eigenvalue weighted by Crippen LogP contribution is -2.28. The predicted molar refractivity (Wildman–Crippen MR) is 87.6 cm³/mol. The molecule has 118 valence electrons. The van der Waals surface area contributed by atoms with Gasteiger partial charge in [0.05, 0.1) is 36.3 Å². The summed E-state index contributed by atoms with van der Waals surface area (Å²) in [6, 6.07) is 7.30. The highest BCUT2D eigenvalue weighted by atomic mass is 32.1. The molecule has 0 unspecified atom stereocenters. The Hall–Kier alpha value is -2.60. The van der Waals surface area contributed by atoms with Crippen LogP contribution in [0.25, 0.3) is 6.08 Å². The summed E-state index contributed by atoms with van der Waals surface area (Å²) >= 11 is 1.55. The van der Waals surface area contributed by atoms with Crippen molar-refractivity contribution in [2.45, 2.75) is 20.0 Å². The quantitative estimate of drug-likeness (QED) is 0.644. The summed E-state index contributed by atoms with van der Waals surface area (Å²) in [4.78, 5) is 18.5. The van der Waals surface area contributed by atoms with Gasteiger partial charge in [0, 0.05) is 11.5 Å². The highest BCUT2D eigenvalue weighted by Crippen LogP contribution is 2.13. The average molecular weight is 328 g/mol. The number of amides is 1. The Labute approximate surface area is 137 Å². The first-order chi connectivity index (χ1) is 11.2. The second-order valence-corrected chi connectivity index (χ2v) is 6.04. The Morgan fingerprint density at radius 1 is 1.22 bits per heavy atom. The molecule has 3 aromatic heterocycles. The van der Waals surface area contributed by atoms with E-state index in [4.69, 9.17) is 8.83 Å². The number of hydrogen-bond acceptors (Lipinski definition) is 5. The SMILES string of the molecule is Cc1nc(C=CC(=O)N(Cc2ccco2)Cc2ccco2)cs1. The van der Waals surface area contributed by atoms with Crippen molar-refractivity contribution in [2.75, 3.05) is 0 Å². The minimum atomic E-state index is -0.122. The van der Waals surface area contributed by atoms with Gasteiger partial charge >= 0.3 is 0 Å². The molecule has 0 radical (unpaired) electrons. The Kier molecular flexibility index (Phi) is 4.73. The first-order valence-corrected chi connectivity index (χ1v) is 8.02. The van der Waals surface area contributed by atoms with Crippen LogP contribution in [0, 0.1) is 6.92 Å².